The van der Waals surface area contributed by atoms with Crippen LogP contribution in [-0.4, -0.2) is 115 Å². The average molecular weight is 743 g/mol. The molecular formula is C40H62N4O9. The lowest BCUT2D eigenvalue weighted by molar-refractivity contribution is -0.294. The number of Topliss-reactive ketones (excluding diaryl/α,β-unsaturated/α-hetero) is 1. The third-order valence-corrected chi connectivity index (χ3v) is 11.3. The lowest BCUT2D eigenvalue weighted by Gasteiger charge is -2.46. The first-order valence-electron chi connectivity index (χ1n) is 18.8. The van der Waals surface area contributed by atoms with Gasteiger partial charge in [-0.2, -0.15) is 0 Å². The number of carbonyl (C=O) groups is 3. The Kier molecular flexibility index (Phi) is 13.9. The minimum atomic E-state index is -1.37. The summed E-state index contributed by atoms with van der Waals surface area (Å²) in [6.45, 7) is 14.9. The number of nitrogens with one attached hydrogen (secondary N) is 1. The third kappa shape index (κ3) is 9.32. The van der Waals surface area contributed by atoms with E-state index in [9.17, 15) is 19.5 Å². The Morgan fingerprint density at radius 2 is 1.77 bits per heavy atom. The summed E-state index contributed by atoms with van der Waals surface area (Å²) in [5.74, 6) is -2.49. The Balaban J connectivity index is 1.72. The number of carbonyl (C=O) groups excluding carboxylic acids is 3. The number of hydrazine groups is 1. The number of ketones is 1. The summed E-state index contributed by atoms with van der Waals surface area (Å²) < 4.78 is 31.3. The fraction of sp³-hybridized carbons (Fsp3) is 0.675. The summed E-state index contributed by atoms with van der Waals surface area (Å²) in [6, 6.07) is 6.34. The van der Waals surface area contributed by atoms with E-state index in [1.165, 1.54) is 5.01 Å². The highest BCUT2D eigenvalue weighted by molar-refractivity contribution is 5.88. The van der Waals surface area contributed by atoms with Gasteiger partial charge in [0, 0.05) is 48.7 Å². The summed E-state index contributed by atoms with van der Waals surface area (Å²) in [5, 5.41) is 12.8. The lowest BCUT2D eigenvalue weighted by Crippen LogP contribution is -2.60. The zero-order chi connectivity index (χ0) is 39.4. The van der Waals surface area contributed by atoms with Crippen molar-refractivity contribution in [3.05, 3.63) is 47.6 Å². The van der Waals surface area contributed by atoms with Crippen molar-refractivity contribution in [2.24, 2.45) is 17.8 Å². The zero-order valence-electron chi connectivity index (χ0n) is 33.3. The Morgan fingerprint density at radius 3 is 2.38 bits per heavy atom. The predicted octanol–water partition coefficient (Wildman–Crippen LogP) is 4.73. The first-order valence-corrected chi connectivity index (χ1v) is 18.8. The molecule has 2 fully saturated rings. The lowest BCUT2D eigenvalue weighted by atomic mass is 9.74. The van der Waals surface area contributed by atoms with Gasteiger partial charge in [0.15, 0.2) is 11.9 Å². The Bertz CT molecular complexity index is 1500. The second kappa shape index (κ2) is 17.4. The minimum Gasteiger partial charge on any atom is -0.455 e. The molecule has 296 valence electrons. The van der Waals surface area contributed by atoms with Crippen LogP contribution in [0.5, 0.6) is 0 Å². The molecule has 0 aromatic heterocycles. The number of aliphatic hydroxyl groups is 1. The van der Waals surface area contributed by atoms with E-state index in [1.54, 1.807) is 46.1 Å². The van der Waals surface area contributed by atoms with E-state index in [1.807, 2.05) is 77.9 Å². The summed E-state index contributed by atoms with van der Waals surface area (Å²) >= 11 is 0. The highest BCUT2D eigenvalue weighted by Gasteiger charge is 2.60. The van der Waals surface area contributed by atoms with Crippen LogP contribution in [0.25, 0.3) is 6.08 Å². The van der Waals surface area contributed by atoms with E-state index in [2.05, 4.69) is 5.43 Å². The largest absolute Gasteiger partial charge is 0.455 e. The van der Waals surface area contributed by atoms with Gasteiger partial charge in [0.25, 0.3) is 0 Å². The van der Waals surface area contributed by atoms with Gasteiger partial charge in [0.1, 0.15) is 24.0 Å². The van der Waals surface area contributed by atoms with Gasteiger partial charge in [-0.15, -0.1) is 0 Å². The monoisotopic (exact) mass is 742 g/mol. The highest BCUT2D eigenvalue weighted by atomic mass is 16.7. The molecule has 1 aromatic carbocycles. The number of ether oxygens (including phenoxy) is 5. The first-order chi connectivity index (χ1) is 24.9. The van der Waals surface area contributed by atoms with Gasteiger partial charge in [0.2, 0.25) is 0 Å². The van der Waals surface area contributed by atoms with Crippen molar-refractivity contribution in [2.75, 3.05) is 33.5 Å². The van der Waals surface area contributed by atoms with Crippen molar-refractivity contribution < 1.29 is 43.2 Å². The van der Waals surface area contributed by atoms with Gasteiger partial charge in [-0.05, 0) is 78.7 Å². The molecule has 0 saturated carbocycles. The van der Waals surface area contributed by atoms with Gasteiger partial charge in [-0.3, -0.25) is 4.79 Å². The Hall–Kier alpha value is -3.33. The number of methoxy groups -OCH3 is 1. The molecule has 0 spiro atoms. The normalized spacial score (nSPS) is 38.6. The number of esters is 1. The molecule has 4 rings (SSSR count). The molecule has 2 saturated heterocycles. The molecule has 1 aromatic rings. The average Bonchev–Trinajstić information content (AvgIpc) is 3.37. The number of nitrogens with zero attached hydrogens (tertiary/aromatic N) is 2. The van der Waals surface area contributed by atoms with E-state index in [4.69, 9.17) is 29.4 Å². The molecule has 4 N–H and O–H groups in total. The number of aliphatic hydroxyl groups excluding tert-OH is 1. The number of fused-ring (bicyclic) bond motifs is 1. The SMILES string of the molecule is CC[C@@H]1OC(=O)/C(C)=C/[C@H](C)[C@@H](O[C@@H]2O[C@H](C)C[C@H](N(C)C)[C@H]2O)[C@@](C)(OC)C[C@@H](C)C(=O)[C@@H](C)[C@H]2N(NC/C=C/c3ccc(N)cc3)C(=O)O[C@]12C. The van der Waals surface area contributed by atoms with Crippen LogP contribution in [0, 0.1) is 17.8 Å². The number of hydrogen-bond acceptors (Lipinski definition) is 12. The van der Waals surface area contributed by atoms with Crippen LogP contribution >= 0.6 is 0 Å². The fourth-order valence-electron chi connectivity index (χ4n) is 8.39. The molecule has 0 radical (unpaired) electrons. The molecule has 13 heteroatoms. The van der Waals surface area contributed by atoms with E-state index >= 15 is 0 Å². The number of nitrogen functional groups attached to an aromatic ring is 1. The number of amides is 1. The van der Waals surface area contributed by atoms with Crippen molar-refractivity contribution in [1.29, 1.82) is 0 Å². The first kappa shape index (κ1) is 42.4. The van der Waals surface area contributed by atoms with Gasteiger partial charge in [-0.1, -0.05) is 58.1 Å². The zero-order valence-corrected chi connectivity index (χ0v) is 33.3. The van der Waals surface area contributed by atoms with Gasteiger partial charge in [-0.25, -0.2) is 20.0 Å². The standard InChI is InChI=1S/C40H62N4O9/c1-12-31-40(8)34(44(38(48)53-40)42-19-13-14-28-15-17-29(41)18-16-28)27(6)32(45)25(4)22-39(7,49-11)35(23(2)20-24(3)36(47)51-31)52-37-33(46)30(43(9)10)21-26(5)50-37/h13-18,20,23,25-27,30-31,33-35,37,42,46H,12,19,21-22,41H2,1-11H3/b14-13+,24-20+/t23-,25+,26+,27+,30-,31-,33+,34+,35+,37-,39-,40+/m0/s1. The topological polar surface area (TPSA) is 162 Å². The number of hydrogen-bond donors (Lipinski definition) is 3. The minimum absolute atomic E-state index is 0.126. The summed E-state index contributed by atoms with van der Waals surface area (Å²) in [7, 11) is 5.38. The van der Waals surface area contributed by atoms with Crippen LogP contribution in [0.3, 0.4) is 0 Å². The molecule has 3 heterocycles. The second-order valence-corrected chi connectivity index (χ2v) is 15.8. The molecule has 13 nitrogen and oxygen atoms in total. The molecular weight excluding hydrogens is 680 g/mol. The number of benzene rings is 1. The van der Waals surface area contributed by atoms with Crippen molar-refractivity contribution in [2.45, 2.75) is 129 Å². The second-order valence-electron chi connectivity index (χ2n) is 15.8. The summed E-state index contributed by atoms with van der Waals surface area (Å²) in [6.07, 6.45) is 2.27. The van der Waals surface area contributed by atoms with Crippen LogP contribution in [0.2, 0.25) is 0 Å². The summed E-state index contributed by atoms with van der Waals surface area (Å²) in [5.41, 5.74) is 8.44. The van der Waals surface area contributed by atoms with Crippen LogP contribution in [-0.2, 0) is 33.3 Å². The maximum atomic E-state index is 14.6. The van der Waals surface area contributed by atoms with Crippen molar-refractivity contribution >= 4 is 29.6 Å². The van der Waals surface area contributed by atoms with Crippen molar-refractivity contribution in [3.8, 4) is 0 Å². The number of nitrogens with two attached hydrogens (primary N) is 1. The van der Waals surface area contributed by atoms with Crippen LogP contribution < -0.4 is 11.2 Å². The number of likely N-dealkylation sites (N-methyl/N-ethyl adjacent to an activating group) is 1. The Morgan fingerprint density at radius 1 is 1.11 bits per heavy atom. The van der Waals surface area contributed by atoms with Gasteiger partial charge in [0.05, 0.1) is 17.8 Å². The molecule has 0 unspecified atom stereocenters. The molecule has 53 heavy (non-hydrogen) atoms. The maximum absolute atomic E-state index is 14.6. The molecule has 12 atom stereocenters. The van der Waals surface area contributed by atoms with E-state index in [0.717, 1.165) is 5.56 Å². The fourth-order valence-corrected chi connectivity index (χ4v) is 8.39. The van der Waals surface area contributed by atoms with E-state index < -0.39 is 71.7 Å². The number of cyclic esters (lactones) is 1. The van der Waals surface area contributed by atoms with Crippen LogP contribution in [0.15, 0.2) is 42.0 Å². The molecule has 3 aliphatic heterocycles. The summed E-state index contributed by atoms with van der Waals surface area (Å²) in [4.78, 5) is 44.0. The molecule has 3 aliphatic rings. The van der Waals surface area contributed by atoms with Gasteiger partial charge >= 0.3 is 12.1 Å². The van der Waals surface area contributed by atoms with Crippen molar-refractivity contribution in [1.82, 2.24) is 15.3 Å². The van der Waals surface area contributed by atoms with Gasteiger partial charge < -0.3 is 39.4 Å². The quantitative estimate of drug-likeness (QED) is 0.236. The smallest absolute Gasteiger partial charge is 0.425 e. The predicted molar refractivity (Wildman–Crippen MR) is 202 cm³/mol. The van der Waals surface area contributed by atoms with Crippen LogP contribution in [0.1, 0.15) is 80.2 Å². The maximum Gasteiger partial charge on any atom is 0.425 e. The molecule has 0 aliphatic carbocycles. The van der Waals surface area contributed by atoms with E-state index in [-0.39, 0.29) is 30.9 Å². The van der Waals surface area contributed by atoms with Crippen molar-refractivity contribution in [3.63, 3.8) is 0 Å². The molecule has 0 bridgehead atoms. The number of anilines is 1. The third-order valence-electron chi connectivity index (χ3n) is 11.3. The highest BCUT2D eigenvalue weighted by Crippen LogP contribution is 2.42. The van der Waals surface area contributed by atoms with Crippen LogP contribution in [0.4, 0.5) is 10.5 Å². The van der Waals surface area contributed by atoms with E-state index in [0.29, 0.717) is 24.1 Å². The number of rotatable bonds is 9. The molecule has 1 amide bonds. The Labute approximate surface area is 315 Å².